The van der Waals surface area contributed by atoms with Crippen LogP contribution in [0.5, 0.6) is 0 Å². The summed E-state index contributed by atoms with van der Waals surface area (Å²) in [4.78, 5) is 38.8. The molecule has 0 aromatic carbocycles. The summed E-state index contributed by atoms with van der Waals surface area (Å²) in [7, 11) is 0. The standard InChI is InChI=1S/C12H11ClN4O3/c13-8-2-1-7(5-14-8)15-11(20)17-12-3-6(4-12)9(18)16-10(12)19/h1-2,5-6H,3-4H2,(H2,15,17,20)(H,16,18,19). The highest BCUT2D eigenvalue weighted by Crippen LogP contribution is 2.41. The monoisotopic (exact) mass is 294 g/mol. The van der Waals surface area contributed by atoms with Gasteiger partial charge in [0.15, 0.2) is 0 Å². The van der Waals surface area contributed by atoms with Gasteiger partial charge in [0, 0.05) is 5.92 Å². The van der Waals surface area contributed by atoms with Gasteiger partial charge >= 0.3 is 6.03 Å². The van der Waals surface area contributed by atoms with Crippen molar-refractivity contribution >= 4 is 35.1 Å². The van der Waals surface area contributed by atoms with E-state index < -0.39 is 17.5 Å². The molecule has 0 radical (unpaired) electrons. The molecule has 0 atom stereocenters. The SMILES string of the molecule is O=C(Nc1ccc(Cl)nc1)NC12CC(C1)C(=O)NC2=O. The van der Waals surface area contributed by atoms with Crippen molar-refractivity contribution in [2.24, 2.45) is 5.92 Å². The van der Waals surface area contributed by atoms with Crippen molar-refractivity contribution in [2.45, 2.75) is 18.4 Å². The molecule has 2 bridgehead atoms. The van der Waals surface area contributed by atoms with Crippen LogP contribution in [0.25, 0.3) is 0 Å². The van der Waals surface area contributed by atoms with Gasteiger partial charge in [0.05, 0.1) is 11.9 Å². The lowest BCUT2D eigenvalue weighted by Crippen LogP contribution is -2.73. The van der Waals surface area contributed by atoms with Crippen LogP contribution in [0.15, 0.2) is 18.3 Å². The Labute approximate surface area is 119 Å². The second-order valence-electron chi connectivity index (χ2n) is 4.95. The second kappa shape index (κ2) is 4.45. The van der Waals surface area contributed by atoms with E-state index in [-0.39, 0.29) is 11.8 Å². The Bertz CT molecular complexity index is 595. The van der Waals surface area contributed by atoms with Crippen molar-refractivity contribution in [1.29, 1.82) is 0 Å². The number of amides is 4. The lowest BCUT2D eigenvalue weighted by atomic mass is 9.64. The fourth-order valence-electron chi connectivity index (χ4n) is 2.47. The van der Waals surface area contributed by atoms with Crippen molar-refractivity contribution in [2.75, 3.05) is 5.32 Å². The minimum absolute atomic E-state index is 0.190. The van der Waals surface area contributed by atoms with E-state index in [2.05, 4.69) is 20.9 Å². The van der Waals surface area contributed by atoms with Crippen LogP contribution in [0.4, 0.5) is 10.5 Å². The number of rotatable bonds is 2. The molecule has 20 heavy (non-hydrogen) atoms. The second-order valence-corrected chi connectivity index (χ2v) is 5.34. The molecule has 3 aliphatic rings. The number of carbonyl (C=O) groups is 3. The van der Waals surface area contributed by atoms with E-state index in [1.54, 1.807) is 12.1 Å². The third-order valence-corrected chi connectivity index (χ3v) is 3.79. The highest BCUT2D eigenvalue weighted by atomic mass is 35.5. The number of nitrogens with one attached hydrogen (secondary N) is 3. The quantitative estimate of drug-likeness (QED) is 0.551. The molecule has 3 fully saturated rings. The molecular weight excluding hydrogens is 284 g/mol. The summed E-state index contributed by atoms with van der Waals surface area (Å²) in [5.41, 5.74) is -0.505. The van der Waals surface area contributed by atoms with Crippen LogP contribution in [0, 0.1) is 5.92 Å². The van der Waals surface area contributed by atoms with E-state index >= 15 is 0 Å². The fourth-order valence-corrected chi connectivity index (χ4v) is 2.59. The zero-order valence-electron chi connectivity index (χ0n) is 10.3. The normalized spacial score (nSPS) is 27.4. The van der Waals surface area contributed by atoms with E-state index in [1.165, 1.54) is 6.20 Å². The predicted molar refractivity (Wildman–Crippen MR) is 70.0 cm³/mol. The topological polar surface area (TPSA) is 100 Å². The first-order valence-electron chi connectivity index (χ1n) is 6.04. The molecule has 1 aromatic heterocycles. The molecule has 4 rings (SSSR count). The first-order valence-corrected chi connectivity index (χ1v) is 6.42. The number of hydrogen-bond donors (Lipinski definition) is 3. The zero-order chi connectivity index (χ0) is 14.3. The van der Waals surface area contributed by atoms with Gasteiger partial charge in [-0.15, -0.1) is 0 Å². The van der Waals surface area contributed by atoms with Crippen LogP contribution in [0.3, 0.4) is 0 Å². The maximum Gasteiger partial charge on any atom is 0.320 e. The highest BCUT2D eigenvalue weighted by molar-refractivity contribution is 6.29. The van der Waals surface area contributed by atoms with Gasteiger partial charge in [-0.2, -0.15) is 0 Å². The lowest BCUT2D eigenvalue weighted by molar-refractivity contribution is -0.151. The Kier molecular flexibility index (Phi) is 2.86. The molecule has 7 nitrogen and oxygen atoms in total. The summed E-state index contributed by atoms with van der Waals surface area (Å²) < 4.78 is 0. The average Bonchev–Trinajstić information content (AvgIpc) is 2.34. The zero-order valence-corrected chi connectivity index (χ0v) is 11.0. The van der Waals surface area contributed by atoms with Crippen LogP contribution >= 0.6 is 11.6 Å². The van der Waals surface area contributed by atoms with E-state index in [4.69, 9.17) is 11.6 Å². The van der Waals surface area contributed by atoms with Gasteiger partial charge < -0.3 is 10.6 Å². The van der Waals surface area contributed by atoms with Crippen molar-refractivity contribution in [3.05, 3.63) is 23.5 Å². The van der Waals surface area contributed by atoms with Gasteiger partial charge in [-0.3, -0.25) is 14.9 Å². The Balaban J connectivity index is 1.64. The van der Waals surface area contributed by atoms with Crippen LogP contribution < -0.4 is 16.0 Å². The maximum atomic E-state index is 11.9. The maximum absolute atomic E-state index is 11.9. The van der Waals surface area contributed by atoms with Crippen molar-refractivity contribution < 1.29 is 14.4 Å². The fraction of sp³-hybridized carbons (Fsp3) is 0.333. The molecular formula is C12H11ClN4O3. The van der Waals surface area contributed by atoms with Gasteiger partial charge in [0.1, 0.15) is 10.7 Å². The van der Waals surface area contributed by atoms with Crippen LogP contribution in [-0.2, 0) is 9.59 Å². The molecule has 2 saturated heterocycles. The summed E-state index contributed by atoms with van der Waals surface area (Å²) >= 11 is 5.64. The van der Waals surface area contributed by atoms with Crippen LogP contribution in [0.1, 0.15) is 12.8 Å². The number of anilines is 1. The third kappa shape index (κ3) is 2.09. The van der Waals surface area contributed by atoms with Gasteiger partial charge in [0.25, 0.3) is 5.91 Å². The first kappa shape index (κ1) is 12.9. The number of pyridine rings is 1. The summed E-state index contributed by atoms with van der Waals surface area (Å²) in [6, 6.07) is 2.62. The molecule has 104 valence electrons. The van der Waals surface area contributed by atoms with Crippen molar-refractivity contribution in [3.8, 4) is 0 Å². The van der Waals surface area contributed by atoms with E-state index in [1.807, 2.05) is 0 Å². The first-order chi connectivity index (χ1) is 9.48. The molecule has 8 heteroatoms. The summed E-state index contributed by atoms with van der Waals surface area (Å²) in [6.07, 6.45) is 2.11. The highest BCUT2D eigenvalue weighted by Gasteiger charge is 2.58. The van der Waals surface area contributed by atoms with Gasteiger partial charge in [-0.25, -0.2) is 9.78 Å². The van der Waals surface area contributed by atoms with E-state index in [9.17, 15) is 14.4 Å². The molecule has 2 aliphatic heterocycles. The molecule has 3 N–H and O–H groups in total. The van der Waals surface area contributed by atoms with E-state index in [0.29, 0.717) is 23.7 Å². The predicted octanol–water partition coefficient (Wildman–Crippen LogP) is 0.662. The summed E-state index contributed by atoms with van der Waals surface area (Å²) in [5.74, 6) is -0.902. The van der Waals surface area contributed by atoms with Crippen molar-refractivity contribution in [1.82, 2.24) is 15.6 Å². The third-order valence-electron chi connectivity index (χ3n) is 3.57. The Morgan fingerprint density at radius 3 is 2.75 bits per heavy atom. The number of carbonyl (C=O) groups excluding carboxylic acids is 3. The molecule has 0 spiro atoms. The summed E-state index contributed by atoms with van der Waals surface area (Å²) in [6.45, 7) is 0. The Morgan fingerprint density at radius 1 is 1.40 bits per heavy atom. The number of imide groups is 1. The number of piperidine rings is 2. The number of hydrogen-bond acceptors (Lipinski definition) is 4. The van der Waals surface area contributed by atoms with Crippen LogP contribution in [-0.4, -0.2) is 28.4 Å². The van der Waals surface area contributed by atoms with Crippen LogP contribution in [0.2, 0.25) is 5.15 Å². The molecule has 1 saturated carbocycles. The smallest absolute Gasteiger partial charge is 0.320 e. The molecule has 4 amide bonds. The van der Waals surface area contributed by atoms with E-state index in [0.717, 1.165) is 0 Å². The van der Waals surface area contributed by atoms with Crippen molar-refractivity contribution in [3.63, 3.8) is 0 Å². The molecule has 1 aliphatic carbocycles. The molecule has 1 aromatic rings. The minimum atomic E-state index is -0.970. The number of urea groups is 1. The number of nitrogens with zero attached hydrogens (tertiary/aromatic N) is 1. The molecule has 3 heterocycles. The minimum Gasteiger partial charge on any atom is -0.323 e. The Hall–Kier alpha value is -2.15. The lowest BCUT2D eigenvalue weighted by Gasteiger charge is -2.49. The number of halogens is 1. The molecule has 0 unspecified atom stereocenters. The van der Waals surface area contributed by atoms with Gasteiger partial charge in [-0.1, -0.05) is 11.6 Å². The number of fused-ring (bicyclic) bond motifs is 2. The van der Waals surface area contributed by atoms with Gasteiger partial charge in [-0.05, 0) is 25.0 Å². The Morgan fingerprint density at radius 2 is 2.15 bits per heavy atom. The average molecular weight is 295 g/mol. The number of aromatic nitrogens is 1. The summed E-state index contributed by atoms with van der Waals surface area (Å²) in [5, 5.41) is 7.75. The largest absolute Gasteiger partial charge is 0.323 e. The van der Waals surface area contributed by atoms with Gasteiger partial charge in [0.2, 0.25) is 5.91 Å².